The monoisotopic (exact) mass is 289 g/mol. The molecule has 0 spiro atoms. The van der Waals surface area contributed by atoms with Crippen LogP contribution in [0.25, 0.3) is 5.65 Å². The van der Waals surface area contributed by atoms with Crippen LogP contribution < -0.4 is 0 Å². The Hall–Kier alpha value is -0.420. The molecule has 2 heterocycles. The Morgan fingerprint density at radius 2 is 2.25 bits per heavy atom. The van der Waals surface area contributed by atoms with E-state index in [1.807, 2.05) is 10.6 Å². The van der Waals surface area contributed by atoms with Crippen LogP contribution in [0.5, 0.6) is 0 Å². The fraction of sp³-hybridized carbons (Fsp3) is 0.143. The van der Waals surface area contributed by atoms with Crippen LogP contribution in [-0.2, 0) is 5.33 Å². The number of fused-ring (bicyclic) bond motifs is 1. The molecule has 0 aliphatic heterocycles. The fourth-order valence-corrected chi connectivity index (χ4v) is 1.67. The van der Waals surface area contributed by atoms with E-state index in [0.29, 0.717) is 0 Å². The molecule has 0 aromatic carbocycles. The maximum atomic E-state index is 4.32. The zero-order valence-corrected chi connectivity index (χ0v) is 9.21. The van der Waals surface area contributed by atoms with Crippen molar-refractivity contribution in [2.75, 3.05) is 0 Å². The minimum Gasteiger partial charge on any atom is -0.291 e. The van der Waals surface area contributed by atoms with Crippen LogP contribution >= 0.6 is 31.9 Å². The topological polar surface area (TPSA) is 30.2 Å². The van der Waals surface area contributed by atoms with Gasteiger partial charge in [0.05, 0.1) is 18.1 Å². The van der Waals surface area contributed by atoms with E-state index in [9.17, 15) is 0 Å². The van der Waals surface area contributed by atoms with E-state index in [2.05, 4.69) is 41.8 Å². The number of halogens is 2. The highest BCUT2D eigenvalue weighted by molar-refractivity contribution is 9.10. The van der Waals surface area contributed by atoms with E-state index in [1.54, 1.807) is 12.4 Å². The Balaban J connectivity index is 2.74. The lowest BCUT2D eigenvalue weighted by molar-refractivity contribution is 1.09. The molecule has 2 rings (SSSR count). The predicted molar refractivity (Wildman–Crippen MR) is 53.3 cm³/mol. The van der Waals surface area contributed by atoms with Crippen molar-refractivity contribution in [2.45, 2.75) is 5.33 Å². The summed E-state index contributed by atoms with van der Waals surface area (Å²) >= 11 is 6.73. The van der Waals surface area contributed by atoms with Crippen molar-refractivity contribution in [2.24, 2.45) is 0 Å². The van der Waals surface area contributed by atoms with Gasteiger partial charge in [0.15, 0.2) is 5.65 Å². The zero-order chi connectivity index (χ0) is 8.55. The van der Waals surface area contributed by atoms with Crippen LogP contribution in [0.3, 0.4) is 0 Å². The molecule has 62 valence electrons. The number of imidazole rings is 1. The van der Waals surface area contributed by atoms with Crippen LogP contribution in [-0.4, -0.2) is 14.4 Å². The van der Waals surface area contributed by atoms with Gasteiger partial charge >= 0.3 is 0 Å². The summed E-state index contributed by atoms with van der Waals surface area (Å²) in [5.41, 5.74) is 1.86. The van der Waals surface area contributed by atoms with Gasteiger partial charge in [0.25, 0.3) is 0 Å². The van der Waals surface area contributed by atoms with E-state index in [0.717, 1.165) is 21.3 Å². The largest absolute Gasteiger partial charge is 0.291 e. The van der Waals surface area contributed by atoms with Crippen molar-refractivity contribution in [3.63, 3.8) is 0 Å². The van der Waals surface area contributed by atoms with Crippen molar-refractivity contribution in [1.82, 2.24) is 14.4 Å². The lowest BCUT2D eigenvalue weighted by Crippen LogP contribution is -1.85. The maximum absolute atomic E-state index is 4.32. The molecule has 2 aromatic heterocycles. The van der Waals surface area contributed by atoms with Crippen LogP contribution in [0.4, 0.5) is 0 Å². The first-order valence-corrected chi connectivity index (χ1v) is 5.26. The second-order valence-corrected chi connectivity index (χ2v) is 3.70. The Bertz CT molecular complexity index is 410. The molecule has 0 unspecified atom stereocenters. The highest BCUT2D eigenvalue weighted by atomic mass is 79.9. The normalized spacial score (nSPS) is 10.8. The molecule has 0 saturated heterocycles. The van der Waals surface area contributed by atoms with Crippen molar-refractivity contribution < 1.29 is 0 Å². The minimum atomic E-state index is 0.765. The average Bonchev–Trinajstić information content (AvgIpc) is 2.49. The molecule has 2 aromatic rings. The van der Waals surface area contributed by atoms with E-state index in [-0.39, 0.29) is 0 Å². The van der Waals surface area contributed by atoms with Crippen LogP contribution in [0, 0.1) is 0 Å². The number of rotatable bonds is 1. The van der Waals surface area contributed by atoms with Crippen LogP contribution in [0.1, 0.15) is 5.69 Å². The fourth-order valence-electron chi connectivity index (χ4n) is 0.999. The summed E-state index contributed by atoms with van der Waals surface area (Å²) in [4.78, 5) is 8.33. The molecule has 0 fully saturated rings. The molecule has 0 N–H and O–H groups in total. The Kier molecular flexibility index (Phi) is 2.14. The number of hydrogen-bond donors (Lipinski definition) is 0. The van der Waals surface area contributed by atoms with Gasteiger partial charge in [-0.1, -0.05) is 15.9 Å². The molecule has 0 amide bonds. The average molecular weight is 291 g/mol. The predicted octanol–water partition coefficient (Wildman–Crippen LogP) is 2.39. The van der Waals surface area contributed by atoms with Crippen molar-refractivity contribution in [3.8, 4) is 0 Å². The van der Waals surface area contributed by atoms with Gasteiger partial charge in [-0.2, -0.15) is 0 Å². The molecule has 0 atom stereocenters. The summed E-state index contributed by atoms with van der Waals surface area (Å²) in [6, 6.07) is 0. The number of aromatic nitrogens is 3. The highest BCUT2D eigenvalue weighted by Gasteiger charge is 2.01. The molecule has 0 aliphatic carbocycles. The van der Waals surface area contributed by atoms with Gasteiger partial charge in [-0.3, -0.25) is 9.38 Å². The van der Waals surface area contributed by atoms with E-state index >= 15 is 0 Å². The third-order valence-corrected chi connectivity index (χ3v) is 2.68. The molecule has 0 bridgehead atoms. The van der Waals surface area contributed by atoms with E-state index < -0.39 is 0 Å². The van der Waals surface area contributed by atoms with E-state index in [1.165, 1.54) is 0 Å². The van der Waals surface area contributed by atoms with Gasteiger partial charge < -0.3 is 0 Å². The summed E-state index contributed by atoms with van der Waals surface area (Å²) in [5.74, 6) is 0. The van der Waals surface area contributed by atoms with Crippen LogP contribution in [0.2, 0.25) is 0 Å². The summed E-state index contributed by atoms with van der Waals surface area (Å²) < 4.78 is 2.86. The van der Waals surface area contributed by atoms with Crippen molar-refractivity contribution in [1.29, 1.82) is 0 Å². The molecule has 0 aliphatic rings. The second-order valence-electron chi connectivity index (χ2n) is 2.32. The third-order valence-electron chi connectivity index (χ3n) is 1.52. The highest BCUT2D eigenvalue weighted by Crippen LogP contribution is 2.13. The number of alkyl halides is 1. The zero-order valence-electron chi connectivity index (χ0n) is 6.04. The van der Waals surface area contributed by atoms with Gasteiger partial charge in [-0.15, -0.1) is 0 Å². The van der Waals surface area contributed by atoms with Gasteiger partial charge in [0.1, 0.15) is 4.60 Å². The molecule has 0 radical (unpaired) electrons. The van der Waals surface area contributed by atoms with Gasteiger partial charge in [0.2, 0.25) is 0 Å². The quantitative estimate of drug-likeness (QED) is 0.755. The maximum Gasteiger partial charge on any atom is 0.156 e. The summed E-state index contributed by atoms with van der Waals surface area (Å²) in [6.07, 6.45) is 5.44. The second kappa shape index (κ2) is 3.14. The van der Waals surface area contributed by atoms with E-state index in [4.69, 9.17) is 0 Å². The number of hydrogen-bond acceptors (Lipinski definition) is 2. The first-order valence-electron chi connectivity index (χ1n) is 3.34. The Labute approximate surface area is 86.1 Å². The third kappa shape index (κ3) is 1.27. The lowest BCUT2D eigenvalue weighted by atomic mass is 10.6. The standard InChI is InChI=1S/C7H5Br2N3/c8-1-5-4-12-6(9)2-10-3-7(12)11-5/h2-4H,1H2. The minimum absolute atomic E-state index is 0.765. The molecular weight excluding hydrogens is 286 g/mol. The first-order chi connectivity index (χ1) is 5.81. The smallest absolute Gasteiger partial charge is 0.156 e. The van der Waals surface area contributed by atoms with Crippen LogP contribution in [0.15, 0.2) is 23.2 Å². The van der Waals surface area contributed by atoms with Gasteiger partial charge in [0, 0.05) is 11.5 Å². The summed E-state index contributed by atoms with van der Waals surface area (Å²) in [6.45, 7) is 0. The molecule has 12 heavy (non-hydrogen) atoms. The van der Waals surface area contributed by atoms with Crippen molar-refractivity contribution >= 4 is 37.5 Å². The molecule has 5 heteroatoms. The van der Waals surface area contributed by atoms with Gasteiger partial charge in [-0.05, 0) is 15.9 Å². The molecule has 3 nitrogen and oxygen atoms in total. The summed E-state index contributed by atoms with van der Waals surface area (Å²) in [7, 11) is 0. The SMILES string of the molecule is BrCc1cn2c(Br)cncc2n1. The Morgan fingerprint density at radius 3 is 2.92 bits per heavy atom. The Morgan fingerprint density at radius 1 is 1.42 bits per heavy atom. The van der Waals surface area contributed by atoms with Crippen molar-refractivity contribution in [3.05, 3.63) is 28.9 Å². The van der Waals surface area contributed by atoms with Gasteiger partial charge in [-0.25, -0.2) is 4.98 Å². The molecular formula is C7H5Br2N3. The lowest BCUT2D eigenvalue weighted by Gasteiger charge is -1.93. The first kappa shape index (κ1) is 8.19. The molecule has 0 saturated carbocycles. The number of nitrogens with zero attached hydrogens (tertiary/aromatic N) is 3. The summed E-state index contributed by atoms with van der Waals surface area (Å²) in [5, 5.41) is 0.765.